The van der Waals surface area contributed by atoms with Crippen molar-refractivity contribution in [3.05, 3.63) is 28.2 Å². The zero-order valence-electron chi connectivity index (χ0n) is 9.66. The summed E-state index contributed by atoms with van der Waals surface area (Å²) in [5, 5.41) is 2.57. The molecule has 0 aliphatic heterocycles. The number of likely N-dealkylation sites (N-methyl/N-ethyl adjacent to an activating group) is 2. The predicted octanol–water partition coefficient (Wildman–Crippen LogP) is 1.27. The summed E-state index contributed by atoms with van der Waals surface area (Å²) in [7, 11) is 3.42. The average molecular weight is 316 g/mol. The van der Waals surface area contributed by atoms with Gasteiger partial charge in [0.05, 0.1) is 6.54 Å². The Hall–Kier alpha value is -1.14. The summed E-state index contributed by atoms with van der Waals surface area (Å²) in [5.41, 5.74) is 7.26. The molecule has 0 saturated carbocycles. The monoisotopic (exact) mass is 315 g/mol. The Morgan fingerprint density at radius 3 is 2.76 bits per heavy atom. The number of benzene rings is 1. The van der Waals surface area contributed by atoms with E-state index >= 15 is 0 Å². The second kappa shape index (κ2) is 5.97. The molecule has 0 aliphatic rings. The smallest absolute Gasteiger partial charge is 0.239 e. The molecule has 6 heteroatoms. The Labute approximate surface area is 114 Å². The van der Waals surface area contributed by atoms with Gasteiger partial charge in [-0.05, 0) is 18.2 Å². The Balaban J connectivity index is 3.04. The van der Waals surface area contributed by atoms with Crippen LogP contribution in [0.2, 0.25) is 0 Å². The Kier molecular flexibility index (Phi) is 4.89. The van der Waals surface area contributed by atoms with E-state index in [0.29, 0.717) is 4.99 Å². The fraction of sp³-hybridized carbons (Fsp3) is 0.273. The maximum Gasteiger partial charge on any atom is 0.239 e. The Morgan fingerprint density at radius 1 is 1.59 bits per heavy atom. The van der Waals surface area contributed by atoms with E-state index < -0.39 is 0 Å². The molecule has 0 fully saturated rings. The number of carbonyl (C=O) groups excluding carboxylic acids is 1. The van der Waals surface area contributed by atoms with E-state index in [9.17, 15) is 4.79 Å². The van der Waals surface area contributed by atoms with Crippen LogP contribution in [0.3, 0.4) is 0 Å². The van der Waals surface area contributed by atoms with Crippen molar-refractivity contribution >= 4 is 44.7 Å². The number of nitrogens with zero attached hydrogens (tertiary/aromatic N) is 1. The molecule has 0 atom stereocenters. The molecular weight excluding hydrogens is 302 g/mol. The van der Waals surface area contributed by atoms with Gasteiger partial charge in [0.2, 0.25) is 5.91 Å². The molecule has 0 bridgehead atoms. The van der Waals surface area contributed by atoms with E-state index in [-0.39, 0.29) is 12.5 Å². The highest BCUT2D eigenvalue weighted by Gasteiger charge is 2.12. The summed E-state index contributed by atoms with van der Waals surface area (Å²) in [5.74, 6) is -0.0655. The summed E-state index contributed by atoms with van der Waals surface area (Å²) < 4.78 is 0.900. The zero-order chi connectivity index (χ0) is 13.0. The number of nitrogens with two attached hydrogens (primary N) is 1. The van der Waals surface area contributed by atoms with E-state index in [2.05, 4.69) is 21.2 Å². The lowest BCUT2D eigenvalue weighted by Crippen LogP contribution is -2.34. The van der Waals surface area contributed by atoms with Crippen LogP contribution < -0.4 is 16.0 Å². The lowest BCUT2D eigenvalue weighted by atomic mass is 10.1. The molecule has 1 aromatic carbocycles. The highest BCUT2D eigenvalue weighted by atomic mass is 79.9. The Bertz CT molecular complexity index is 450. The van der Waals surface area contributed by atoms with Gasteiger partial charge >= 0.3 is 0 Å². The van der Waals surface area contributed by atoms with E-state index in [1.807, 2.05) is 25.2 Å². The van der Waals surface area contributed by atoms with Crippen molar-refractivity contribution in [3.8, 4) is 0 Å². The van der Waals surface area contributed by atoms with Gasteiger partial charge in [0.15, 0.2) is 0 Å². The largest absolute Gasteiger partial charge is 0.389 e. The first-order valence-corrected chi connectivity index (χ1v) is 6.17. The molecule has 0 saturated heterocycles. The minimum atomic E-state index is -0.0655. The van der Waals surface area contributed by atoms with Crippen LogP contribution in [0.4, 0.5) is 5.69 Å². The molecule has 1 amide bonds. The molecule has 0 radical (unpaired) electrons. The highest BCUT2D eigenvalue weighted by Crippen LogP contribution is 2.23. The highest BCUT2D eigenvalue weighted by molar-refractivity contribution is 9.10. The van der Waals surface area contributed by atoms with Crippen molar-refractivity contribution in [2.75, 3.05) is 25.5 Å². The van der Waals surface area contributed by atoms with Crippen LogP contribution in [0, 0.1) is 0 Å². The molecule has 0 unspecified atom stereocenters. The molecule has 1 aromatic rings. The third kappa shape index (κ3) is 3.67. The van der Waals surface area contributed by atoms with Gasteiger partial charge in [-0.15, -0.1) is 0 Å². The molecule has 0 aliphatic carbocycles. The lowest BCUT2D eigenvalue weighted by molar-refractivity contribution is -0.119. The molecule has 4 nitrogen and oxygen atoms in total. The summed E-state index contributed by atoms with van der Waals surface area (Å²) in [4.78, 5) is 13.4. The van der Waals surface area contributed by atoms with Gasteiger partial charge in [-0.1, -0.05) is 28.1 Å². The summed E-state index contributed by atoms with van der Waals surface area (Å²) in [6.07, 6.45) is 0. The maximum atomic E-state index is 11.3. The van der Waals surface area contributed by atoms with Crippen molar-refractivity contribution in [1.29, 1.82) is 0 Å². The number of nitrogens with one attached hydrogen (secondary N) is 1. The number of hydrogen-bond acceptors (Lipinski definition) is 3. The molecule has 3 N–H and O–H groups in total. The minimum absolute atomic E-state index is 0.0655. The van der Waals surface area contributed by atoms with Gasteiger partial charge in [0, 0.05) is 29.8 Å². The number of anilines is 1. The van der Waals surface area contributed by atoms with Crippen molar-refractivity contribution < 1.29 is 4.79 Å². The van der Waals surface area contributed by atoms with E-state index in [1.165, 1.54) is 0 Å². The van der Waals surface area contributed by atoms with Gasteiger partial charge in [-0.2, -0.15) is 0 Å². The van der Waals surface area contributed by atoms with E-state index in [4.69, 9.17) is 18.0 Å². The molecule has 92 valence electrons. The first-order valence-electron chi connectivity index (χ1n) is 4.96. The minimum Gasteiger partial charge on any atom is -0.389 e. The van der Waals surface area contributed by atoms with Crippen molar-refractivity contribution in [3.63, 3.8) is 0 Å². The molecular formula is C11H14BrN3OS. The molecule has 0 heterocycles. The maximum absolute atomic E-state index is 11.3. The first-order chi connectivity index (χ1) is 7.95. The number of amides is 1. The van der Waals surface area contributed by atoms with Gasteiger partial charge < -0.3 is 16.0 Å². The normalized spacial score (nSPS) is 9.82. The van der Waals surface area contributed by atoms with Crippen LogP contribution >= 0.6 is 28.1 Å². The standard InChI is InChI=1S/C11H14BrN3OS/c1-14-10(16)6-15(2)9-4-3-7(12)5-8(9)11(13)17/h3-5H,6H2,1-2H3,(H2,13,17)(H,14,16). The zero-order valence-corrected chi connectivity index (χ0v) is 12.1. The third-order valence-corrected chi connectivity index (χ3v) is 3.01. The van der Waals surface area contributed by atoms with Gasteiger partial charge in [0.25, 0.3) is 0 Å². The van der Waals surface area contributed by atoms with Crippen LogP contribution in [0.5, 0.6) is 0 Å². The second-order valence-corrected chi connectivity index (χ2v) is 4.91. The van der Waals surface area contributed by atoms with Crippen molar-refractivity contribution in [2.24, 2.45) is 5.73 Å². The van der Waals surface area contributed by atoms with Crippen LogP contribution in [0.1, 0.15) is 5.56 Å². The quantitative estimate of drug-likeness (QED) is 0.821. The van der Waals surface area contributed by atoms with Crippen molar-refractivity contribution in [1.82, 2.24) is 5.32 Å². The first kappa shape index (κ1) is 13.9. The fourth-order valence-corrected chi connectivity index (χ4v) is 1.94. The molecule has 0 aromatic heterocycles. The van der Waals surface area contributed by atoms with E-state index in [1.54, 1.807) is 11.9 Å². The van der Waals surface area contributed by atoms with Gasteiger partial charge in [-0.3, -0.25) is 4.79 Å². The molecule has 17 heavy (non-hydrogen) atoms. The third-order valence-electron chi connectivity index (χ3n) is 2.29. The second-order valence-electron chi connectivity index (χ2n) is 3.55. The SMILES string of the molecule is CNC(=O)CN(C)c1ccc(Br)cc1C(N)=S. The van der Waals surface area contributed by atoms with Crippen LogP contribution in [0.25, 0.3) is 0 Å². The summed E-state index contributed by atoms with van der Waals surface area (Å²) in [6, 6.07) is 5.61. The van der Waals surface area contributed by atoms with Crippen LogP contribution in [0.15, 0.2) is 22.7 Å². The number of hydrogen-bond donors (Lipinski definition) is 2. The predicted molar refractivity (Wildman–Crippen MR) is 77.4 cm³/mol. The average Bonchev–Trinajstić information content (AvgIpc) is 2.28. The van der Waals surface area contributed by atoms with Crippen LogP contribution in [-0.4, -0.2) is 31.5 Å². The fourth-order valence-electron chi connectivity index (χ4n) is 1.42. The Morgan fingerprint density at radius 2 is 2.24 bits per heavy atom. The topological polar surface area (TPSA) is 58.4 Å². The molecule has 1 rings (SSSR count). The number of halogens is 1. The summed E-state index contributed by atoms with van der Waals surface area (Å²) in [6.45, 7) is 0.258. The number of carbonyl (C=O) groups is 1. The molecule has 0 spiro atoms. The van der Waals surface area contributed by atoms with Gasteiger partial charge in [-0.25, -0.2) is 0 Å². The van der Waals surface area contributed by atoms with Gasteiger partial charge in [0.1, 0.15) is 4.99 Å². The number of thiocarbonyl (C=S) groups is 1. The van der Waals surface area contributed by atoms with E-state index in [0.717, 1.165) is 15.7 Å². The lowest BCUT2D eigenvalue weighted by Gasteiger charge is -2.21. The number of rotatable bonds is 4. The summed E-state index contributed by atoms with van der Waals surface area (Å²) >= 11 is 8.37. The van der Waals surface area contributed by atoms with Crippen LogP contribution in [-0.2, 0) is 4.79 Å². The van der Waals surface area contributed by atoms with Crippen molar-refractivity contribution in [2.45, 2.75) is 0 Å².